The molecule has 2 aliphatic heterocycles. The van der Waals surface area contributed by atoms with Crippen LogP contribution in [-0.2, 0) is 14.6 Å². The SMILES string of the molecule is COc1ccc(N2C(=NC(=O)C3CC3)S[C@@H]3CS(=O)(=O)C[C@H]32)cc1Cl. The smallest absolute Gasteiger partial charge is 0.251 e. The molecule has 2 heterocycles. The van der Waals surface area contributed by atoms with Crippen LogP contribution in [-0.4, -0.2) is 49.4 Å². The molecular formula is C16H17ClN2O4S2. The Bertz CT molecular complexity index is 867. The first-order chi connectivity index (χ1) is 11.9. The molecule has 3 aliphatic rings. The predicted molar refractivity (Wildman–Crippen MR) is 99.5 cm³/mol. The Labute approximate surface area is 155 Å². The molecule has 2 atom stereocenters. The van der Waals surface area contributed by atoms with Gasteiger partial charge in [-0.3, -0.25) is 4.79 Å². The zero-order chi connectivity index (χ0) is 17.8. The minimum atomic E-state index is -3.09. The van der Waals surface area contributed by atoms with Crippen LogP contribution >= 0.6 is 23.4 Å². The maximum atomic E-state index is 12.2. The van der Waals surface area contributed by atoms with Crippen molar-refractivity contribution in [1.82, 2.24) is 0 Å². The Morgan fingerprint density at radius 2 is 2.12 bits per heavy atom. The predicted octanol–water partition coefficient (Wildman–Crippen LogP) is 2.36. The van der Waals surface area contributed by atoms with E-state index in [9.17, 15) is 13.2 Å². The number of aliphatic imine (C=N–C) groups is 1. The molecule has 25 heavy (non-hydrogen) atoms. The number of sulfone groups is 1. The summed E-state index contributed by atoms with van der Waals surface area (Å²) in [6.45, 7) is 0. The van der Waals surface area contributed by atoms with Crippen LogP contribution in [0.5, 0.6) is 5.75 Å². The third kappa shape index (κ3) is 3.27. The topological polar surface area (TPSA) is 76.0 Å². The fraction of sp³-hybridized carbons (Fsp3) is 0.500. The summed E-state index contributed by atoms with van der Waals surface area (Å²) in [6, 6.07) is 5.05. The Morgan fingerprint density at radius 3 is 2.76 bits per heavy atom. The van der Waals surface area contributed by atoms with Crippen molar-refractivity contribution >= 4 is 50.0 Å². The van der Waals surface area contributed by atoms with Gasteiger partial charge in [-0.05, 0) is 31.0 Å². The fourth-order valence-corrected chi connectivity index (χ4v) is 7.36. The average Bonchev–Trinajstić information content (AvgIpc) is 3.28. The molecule has 1 amide bonds. The van der Waals surface area contributed by atoms with Crippen molar-refractivity contribution in [2.45, 2.75) is 24.1 Å². The molecule has 2 saturated heterocycles. The lowest BCUT2D eigenvalue weighted by molar-refractivity contribution is -0.118. The molecule has 9 heteroatoms. The minimum Gasteiger partial charge on any atom is -0.495 e. The van der Waals surface area contributed by atoms with E-state index in [1.165, 1.54) is 18.9 Å². The minimum absolute atomic E-state index is 0.0265. The van der Waals surface area contributed by atoms with E-state index < -0.39 is 9.84 Å². The molecular weight excluding hydrogens is 384 g/mol. The van der Waals surface area contributed by atoms with E-state index in [1.54, 1.807) is 12.1 Å². The molecule has 6 nitrogen and oxygen atoms in total. The van der Waals surface area contributed by atoms with Crippen LogP contribution in [0.4, 0.5) is 5.69 Å². The maximum Gasteiger partial charge on any atom is 0.251 e. The Kier molecular flexibility index (Phi) is 4.24. The molecule has 4 rings (SSSR count). The van der Waals surface area contributed by atoms with E-state index in [4.69, 9.17) is 16.3 Å². The summed E-state index contributed by atoms with van der Waals surface area (Å²) in [5.74, 6) is 0.624. The van der Waals surface area contributed by atoms with Crippen LogP contribution in [0.3, 0.4) is 0 Å². The lowest BCUT2D eigenvalue weighted by atomic mass is 10.2. The summed E-state index contributed by atoms with van der Waals surface area (Å²) in [4.78, 5) is 18.3. The van der Waals surface area contributed by atoms with Crippen molar-refractivity contribution in [3.8, 4) is 5.75 Å². The summed E-state index contributed by atoms with van der Waals surface area (Å²) in [6.07, 6.45) is 1.77. The third-order valence-electron chi connectivity index (χ3n) is 4.61. The number of rotatable bonds is 3. The lowest BCUT2D eigenvalue weighted by Gasteiger charge is -2.25. The van der Waals surface area contributed by atoms with E-state index in [0.29, 0.717) is 15.9 Å². The van der Waals surface area contributed by atoms with Crippen LogP contribution in [0.2, 0.25) is 5.02 Å². The number of ether oxygens (including phenoxy) is 1. The van der Waals surface area contributed by atoms with Gasteiger partial charge < -0.3 is 9.64 Å². The summed E-state index contributed by atoms with van der Waals surface area (Å²) in [7, 11) is -1.55. The van der Waals surface area contributed by atoms with Crippen molar-refractivity contribution in [3.05, 3.63) is 23.2 Å². The zero-order valence-corrected chi connectivity index (χ0v) is 15.9. The molecule has 0 radical (unpaired) electrons. The summed E-state index contributed by atoms with van der Waals surface area (Å²) in [5.41, 5.74) is 0.727. The van der Waals surface area contributed by atoms with Crippen molar-refractivity contribution in [2.24, 2.45) is 10.9 Å². The quantitative estimate of drug-likeness (QED) is 0.775. The van der Waals surface area contributed by atoms with Gasteiger partial charge in [0.1, 0.15) is 5.75 Å². The number of anilines is 1. The number of hydrogen-bond acceptors (Lipinski definition) is 5. The van der Waals surface area contributed by atoms with Crippen LogP contribution < -0.4 is 9.64 Å². The van der Waals surface area contributed by atoms with Gasteiger partial charge in [-0.25, -0.2) is 8.42 Å². The first kappa shape index (κ1) is 17.2. The van der Waals surface area contributed by atoms with Crippen LogP contribution in [0.25, 0.3) is 0 Å². The van der Waals surface area contributed by atoms with E-state index in [-0.39, 0.29) is 34.6 Å². The Morgan fingerprint density at radius 1 is 1.36 bits per heavy atom. The average molecular weight is 401 g/mol. The molecule has 0 unspecified atom stereocenters. The van der Waals surface area contributed by atoms with Crippen molar-refractivity contribution in [1.29, 1.82) is 0 Å². The number of amidine groups is 1. The maximum absolute atomic E-state index is 12.2. The number of hydrogen-bond donors (Lipinski definition) is 0. The Balaban J connectivity index is 1.73. The van der Waals surface area contributed by atoms with E-state index in [0.717, 1.165) is 18.5 Å². The normalized spacial score (nSPS) is 29.0. The van der Waals surface area contributed by atoms with Crippen LogP contribution in [0.1, 0.15) is 12.8 Å². The van der Waals surface area contributed by atoms with Crippen LogP contribution in [0.15, 0.2) is 23.2 Å². The summed E-state index contributed by atoms with van der Waals surface area (Å²) < 4.78 is 29.3. The van der Waals surface area contributed by atoms with Crippen molar-refractivity contribution in [3.63, 3.8) is 0 Å². The standard InChI is InChI=1S/C16H17ClN2O4S2/c1-23-13-5-4-10(6-11(13)17)19-12-7-25(21,22)8-14(12)24-16(19)18-15(20)9-2-3-9/h4-6,9,12,14H,2-3,7-8H2,1H3/t12-,14-/m1/s1. The highest BCUT2D eigenvalue weighted by molar-refractivity contribution is 8.16. The largest absolute Gasteiger partial charge is 0.495 e. The van der Waals surface area contributed by atoms with Gasteiger partial charge in [0.05, 0.1) is 29.7 Å². The summed E-state index contributed by atoms with van der Waals surface area (Å²) >= 11 is 7.61. The van der Waals surface area contributed by atoms with Gasteiger partial charge in [-0.15, -0.1) is 0 Å². The number of benzene rings is 1. The number of halogens is 1. The Hall–Kier alpha value is -1.25. The number of amides is 1. The number of thioether (sulfide) groups is 1. The van der Waals surface area contributed by atoms with Gasteiger partial charge in [0.15, 0.2) is 15.0 Å². The van der Waals surface area contributed by atoms with Gasteiger partial charge in [0, 0.05) is 16.9 Å². The molecule has 0 aromatic heterocycles. The molecule has 1 aliphatic carbocycles. The second-order valence-corrected chi connectivity index (χ2v) is 10.3. The van der Waals surface area contributed by atoms with Gasteiger partial charge in [-0.1, -0.05) is 23.4 Å². The number of carbonyl (C=O) groups excluding carboxylic acids is 1. The molecule has 0 N–H and O–H groups in total. The van der Waals surface area contributed by atoms with Gasteiger partial charge in [0.25, 0.3) is 5.91 Å². The molecule has 0 spiro atoms. The lowest BCUT2D eigenvalue weighted by Crippen LogP contribution is -2.37. The summed E-state index contributed by atoms with van der Waals surface area (Å²) in [5, 5.41) is 0.891. The second-order valence-electron chi connectivity index (χ2n) is 6.50. The first-order valence-electron chi connectivity index (χ1n) is 8.00. The van der Waals surface area contributed by atoms with Gasteiger partial charge >= 0.3 is 0 Å². The fourth-order valence-electron chi connectivity index (χ4n) is 3.19. The van der Waals surface area contributed by atoms with E-state index >= 15 is 0 Å². The van der Waals surface area contributed by atoms with E-state index in [1.807, 2.05) is 11.0 Å². The zero-order valence-electron chi connectivity index (χ0n) is 13.5. The van der Waals surface area contributed by atoms with Gasteiger partial charge in [0.2, 0.25) is 0 Å². The molecule has 1 aromatic rings. The van der Waals surface area contributed by atoms with Gasteiger partial charge in [-0.2, -0.15) is 4.99 Å². The first-order valence-corrected chi connectivity index (χ1v) is 11.1. The molecule has 3 fully saturated rings. The highest BCUT2D eigenvalue weighted by Gasteiger charge is 2.49. The van der Waals surface area contributed by atoms with Crippen molar-refractivity contribution in [2.75, 3.05) is 23.5 Å². The molecule has 1 saturated carbocycles. The van der Waals surface area contributed by atoms with Crippen molar-refractivity contribution < 1.29 is 17.9 Å². The second kappa shape index (κ2) is 6.17. The monoisotopic (exact) mass is 400 g/mol. The van der Waals surface area contributed by atoms with E-state index in [2.05, 4.69) is 4.99 Å². The number of fused-ring (bicyclic) bond motifs is 1. The highest BCUT2D eigenvalue weighted by Crippen LogP contribution is 2.43. The molecule has 1 aromatic carbocycles. The molecule has 134 valence electrons. The number of nitrogens with zero attached hydrogens (tertiary/aromatic N) is 2. The highest BCUT2D eigenvalue weighted by atomic mass is 35.5. The van der Waals surface area contributed by atoms with Crippen LogP contribution in [0, 0.1) is 5.92 Å². The third-order valence-corrected chi connectivity index (χ3v) is 8.12. The number of carbonyl (C=O) groups is 1. The molecule has 0 bridgehead atoms. The number of methoxy groups -OCH3 is 1.